The predicted molar refractivity (Wildman–Crippen MR) is 92.0 cm³/mol. The lowest BCUT2D eigenvalue weighted by molar-refractivity contribution is 0.171. The number of rotatable bonds is 5. The van der Waals surface area contributed by atoms with Crippen LogP contribution in [0.1, 0.15) is 30.2 Å². The normalized spacial score (nSPS) is 14.0. The Hall–Kier alpha value is -0.580. The van der Waals surface area contributed by atoms with Gasteiger partial charge in [0.2, 0.25) is 0 Å². The zero-order valence-electron chi connectivity index (χ0n) is 11.5. The largest absolute Gasteiger partial charge is 0.387 e. The van der Waals surface area contributed by atoms with Crippen LogP contribution in [-0.2, 0) is 0 Å². The average molecular weight is 389 g/mol. The van der Waals surface area contributed by atoms with Crippen molar-refractivity contribution in [3.05, 3.63) is 68.1 Å². The third kappa shape index (κ3) is 4.70. The van der Waals surface area contributed by atoms with E-state index in [1.165, 1.54) is 0 Å². The van der Waals surface area contributed by atoms with Gasteiger partial charge in [0.05, 0.1) is 6.10 Å². The fourth-order valence-corrected chi connectivity index (χ4v) is 2.73. The molecule has 0 saturated carbocycles. The summed E-state index contributed by atoms with van der Waals surface area (Å²) >= 11 is 15.4. The van der Waals surface area contributed by atoms with Gasteiger partial charge in [-0.25, -0.2) is 0 Å². The highest BCUT2D eigenvalue weighted by Gasteiger charge is 2.14. The van der Waals surface area contributed by atoms with Gasteiger partial charge in [0.15, 0.2) is 0 Å². The maximum absolute atomic E-state index is 10.3. The fraction of sp³-hybridized carbons (Fsp3) is 0.250. The first-order valence-corrected chi connectivity index (χ1v) is 8.14. The summed E-state index contributed by atoms with van der Waals surface area (Å²) in [5.74, 6) is 0. The van der Waals surface area contributed by atoms with Gasteiger partial charge in [-0.05, 0) is 42.8 Å². The first-order valence-electron chi connectivity index (χ1n) is 6.59. The molecule has 2 aromatic rings. The minimum absolute atomic E-state index is 0.130. The molecule has 0 aliphatic heterocycles. The van der Waals surface area contributed by atoms with Crippen LogP contribution in [0.3, 0.4) is 0 Å². The second-order valence-corrected chi connectivity index (χ2v) is 6.62. The molecule has 0 aliphatic carbocycles. The second-order valence-electron chi connectivity index (χ2n) is 4.86. The molecule has 0 spiro atoms. The summed E-state index contributed by atoms with van der Waals surface area (Å²) in [5.41, 5.74) is 1.79. The Bertz CT molecular complexity index is 604. The molecule has 0 fully saturated rings. The molecule has 112 valence electrons. The van der Waals surface area contributed by atoms with Gasteiger partial charge >= 0.3 is 0 Å². The van der Waals surface area contributed by atoms with Crippen molar-refractivity contribution in [3.63, 3.8) is 0 Å². The topological polar surface area (TPSA) is 32.3 Å². The van der Waals surface area contributed by atoms with Crippen molar-refractivity contribution >= 4 is 39.1 Å². The number of benzene rings is 2. The summed E-state index contributed by atoms with van der Waals surface area (Å²) < 4.78 is 1.05. The van der Waals surface area contributed by atoms with Gasteiger partial charge < -0.3 is 10.4 Å². The maximum atomic E-state index is 10.3. The Morgan fingerprint density at radius 3 is 2.48 bits per heavy atom. The standard InChI is InChI=1S/C16H16BrCl2NO/c1-10(11-2-4-12(17)5-3-11)20-9-16(21)14-8-13(18)6-7-15(14)19/h2-8,10,16,20-21H,9H2,1H3/t10-,16?/m1/s1. The van der Waals surface area contributed by atoms with E-state index in [1.54, 1.807) is 18.2 Å². The number of hydrogen-bond acceptors (Lipinski definition) is 2. The van der Waals surface area contributed by atoms with Crippen LogP contribution in [0.2, 0.25) is 10.0 Å². The maximum Gasteiger partial charge on any atom is 0.0929 e. The highest BCUT2D eigenvalue weighted by atomic mass is 79.9. The third-order valence-electron chi connectivity index (χ3n) is 3.30. The Morgan fingerprint density at radius 1 is 1.14 bits per heavy atom. The van der Waals surface area contributed by atoms with Gasteiger partial charge in [-0.2, -0.15) is 0 Å². The van der Waals surface area contributed by atoms with Crippen molar-refractivity contribution in [1.29, 1.82) is 0 Å². The fourth-order valence-electron chi connectivity index (χ4n) is 2.04. The molecule has 0 radical (unpaired) electrons. The van der Waals surface area contributed by atoms with Gasteiger partial charge in [-0.3, -0.25) is 0 Å². The summed E-state index contributed by atoms with van der Waals surface area (Å²) in [4.78, 5) is 0. The molecule has 0 bridgehead atoms. The van der Waals surface area contributed by atoms with Crippen LogP contribution in [0.25, 0.3) is 0 Å². The van der Waals surface area contributed by atoms with Crippen LogP contribution in [0.15, 0.2) is 46.9 Å². The zero-order chi connectivity index (χ0) is 15.4. The summed E-state index contributed by atoms with van der Waals surface area (Å²) in [7, 11) is 0. The van der Waals surface area contributed by atoms with E-state index in [4.69, 9.17) is 23.2 Å². The molecule has 5 heteroatoms. The Morgan fingerprint density at radius 2 is 1.81 bits per heavy atom. The van der Waals surface area contributed by atoms with E-state index in [0.717, 1.165) is 10.0 Å². The van der Waals surface area contributed by atoms with Crippen molar-refractivity contribution in [2.24, 2.45) is 0 Å². The summed E-state index contributed by atoms with van der Waals surface area (Å²) in [6, 6.07) is 13.3. The lowest BCUT2D eigenvalue weighted by Gasteiger charge is -2.18. The molecule has 0 heterocycles. The van der Waals surface area contributed by atoms with Crippen molar-refractivity contribution in [2.45, 2.75) is 19.1 Å². The highest BCUT2D eigenvalue weighted by molar-refractivity contribution is 9.10. The van der Waals surface area contributed by atoms with E-state index in [1.807, 2.05) is 24.3 Å². The lowest BCUT2D eigenvalue weighted by Crippen LogP contribution is -2.24. The van der Waals surface area contributed by atoms with E-state index in [2.05, 4.69) is 28.2 Å². The predicted octanol–water partition coefficient (Wildman–Crippen LogP) is 5.14. The molecule has 1 unspecified atom stereocenters. The lowest BCUT2D eigenvalue weighted by atomic mass is 10.1. The van der Waals surface area contributed by atoms with Crippen LogP contribution in [-0.4, -0.2) is 11.7 Å². The zero-order valence-corrected chi connectivity index (χ0v) is 14.6. The van der Waals surface area contributed by atoms with Gasteiger partial charge in [0.1, 0.15) is 0 Å². The minimum Gasteiger partial charge on any atom is -0.387 e. The molecule has 0 aromatic heterocycles. The Balaban J connectivity index is 1.98. The average Bonchev–Trinajstić information content (AvgIpc) is 2.47. The molecule has 0 amide bonds. The molecule has 2 aromatic carbocycles. The van der Waals surface area contributed by atoms with Gasteiger partial charge in [0, 0.05) is 32.7 Å². The summed E-state index contributed by atoms with van der Waals surface area (Å²) in [6.07, 6.45) is -0.700. The third-order valence-corrected chi connectivity index (χ3v) is 4.41. The molecule has 0 saturated heterocycles. The minimum atomic E-state index is -0.700. The monoisotopic (exact) mass is 387 g/mol. The number of aliphatic hydroxyl groups excluding tert-OH is 1. The molecule has 2 rings (SSSR count). The number of aliphatic hydroxyl groups is 1. The van der Waals surface area contributed by atoms with Crippen LogP contribution < -0.4 is 5.32 Å². The molecular formula is C16H16BrCl2NO. The number of halogens is 3. The molecule has 21 heavy (non-hydrogen) atoms. The van der Waals surface area contributed by atoms with Crippen molar-refractivity contribution in [3.8, 4) is 0 Å². The summed E-state index contributed by atoms with van der Waals surface area (Å²) in [6.45, 7) is 2.45. The van der Waals surface area contributed by atoms with Crippen LogP contribution in [0.5, 0.6) is 0 Å². The molecular weight excluding hydrogens is 373 g/mol. The van der Waals surface area contributed by atoms with E-state index in [-0.39, 0.29) is 6.04 Å². The molecule has 2 nitrogen and oxygen atoms in total. The summed E-state index contributed by atoms with van der Waals surface area (Å²) in [5, 5.41) is 14.6. The first-order chi connectivity index (χ1) is 9.97. The highest BCUT2D eigenvalue weighted by Crippen LogP contribution is 2.26. The first kappa shape index (κ1) is 16.8. The number of hydrogen-bond donors (Lipinski definition) is 2. The van der Waals surface area contributed by atoms with Gasteiger partial charge in [-0.1, -0.05) is 51.3 Å². The quantitative estimate of drug-likeness (QED) is 0.743. The van der Waals surface area contributed by atoms with E-state index >= 15 is 0 Å². The second kappa shape index (κ2) is 7.61. The van der Waals surface area contributed by atoms with Gasteiger partial charge in [-0.15, -0.1) is 0 Å². The Labute approximate surface area is 143 Å². The molecule has 2 N–H and O–H groups in total. The number of nitrogens with one attached hydrogen (secondary N) is 1. The van der Waals surface area contributed by atoms with Crippen LogP contribution in [0.4, 0.5) is 0 Å². The van der Waals surface area contributed by atoms with Crippen LogP contribution >= 0.6 is 39.1 Å². The molecule has 0 aliphatic rings. The van der Waals surface area contributed by atoms with Gasteiger partial charge in [0.25, 0.3) is 0 Å². The van der Waals surface area contributed by atoms with Crippen molar-refractivity contribution in [2.75, 3.05) is 6.54 Å². The van der Waals surface area contributed by atoms with Crippen LogP contribution in [0, 0.1) is 0 Å². The SMILES string of the molecule is C[C@@H](NCC(O)c1cc(Cl)ccc1Cl)c1ccc(Br)cc1. The van der Waals surface area contributed by atoms with Crippen molar-refractivity contribution < 1.29 is 5.11 Å². The smallest absolute Gasteiger partial charge is 0.0929 e. The molecule has 2 atom stereocenters. The van der Waals surface area contributed by atoms with E-state index in [0.29, 0.717) is 22.2 Å². The Kier molecular flexibility index (Phi) is 6.08. The van der Waals surface area contributed by atoms with Crippen molar-refractivity contribution in [1.82, 2.24) is 5.32 Å². The van der Waals surface area contributed by atoms with E-state index < -0.39 is 6.10 Å². The van der Waals surface area contributed by atoms with E-state index in [9.17, 15) is 5.11 Å².